The third-order valence-electron chi connectivity index (χ3n) is 6.35. The number of hydrogen-bond donors (Lipinski definition) is 2. The smallest absolute Gasteiger partial charge is 0.255 e. The van der Waals surface area contributed by atoms with Crippen molar-refractivity contribution in [2.75, 3.05) is 12.4 Å². The molecule has 2 atom stereocenters. The van der Waals surface area contributed by atoms with Crippen LogP contribution in [0.25, 0.3) is 0 Å². The Labute approximate surface area is 202 Å². The van der Waals surface area contributed by atoms with Gasteiger partial charge in [-0.05, 0) is 54.6 Å². The zero-order valence-corrected chi connectivity index (χ0v) is 19.8. The summed E-state index contributed by atoms with van der Waals surface area (Å²) in [5, 5.41) is 8.36. The molecule has 1 aliphatic heterocycles. The van der Waals surface area contributed by atoms with E-state index in [1.807, 2.05) is 48.7 Å². The molecule has 34 heavy (non-hydrogen) atoms. The summed E-state index contributed by atoms with van der Waals surface area (Å²) in [6.45, 7) is 1.89. The molecule has 0 bridgehead atoms. The number of ether oxygens (including phenoxy) is 1. The Morgan fingerprint density at radius 3 is 2.76 bits per heavy atom. The van der Waals surface area contributed by atoms with Crippen molar-refractivity contribution in [2.24, 2.45) is 0 Å². The van der Waals surface area contributed by atoms with Crippen molar-refractivity contribution in [1.82, 2.24) is 10.3 Å². The lowest BCUT2D eigenvalue weighted by molar-refractivity contribution is -0.116. The quantitative estimate of drug-likeness (QED) is 0.538. The maximum absolute atomic E-state index is 13.6. The van der Waals surface area contributed by atoms with Gasteiger partial charge in [-0.15, -0.1) is 11.3 Å². The summed E-state index contributed by atoms with van der Waals surface area (Å²) in [5.74, 6) is 0.574. The number of hydrogen-bond acceptors (Lipinski definition) is 6. The number of methoxy groups -OCH3 is 1. The summed E-state index contributed by atoms with van der Waals surface area (Å²) in [7, 11) is 1.61. The van der Waals surface area contributed by atoms with Crippen molar-refractivity contribution < 1.29 is 14.3 Å². The molecule has 0 saturated heterocycles. The Hall–Kier alpha value is -3.71. The highest BCUT2D eigenvalue weighted by Crippen LogP contribution is 2.46. The van der Waals surface area contributed by atoms with Crippen LogP contribution in [0.3, 0.4) is 0 Å². The topological polar surface area (TPSA) is 80.3 Å². The fourth-order valence-corrected chi connectivity index (χ4v) is 5.67. The maximum Gasteiger partial charge on any atom is 0.255 e. The molecule has 1 amide bonds. The zero-order valence-electron chi connectivity index (χ0n) is 19.0. The summed E-state index contributed by atoms with van der Waals surface area (Å²) < 4.78 is 5.45. The van der Waals surface area contributed by atoms with Crippen molar-refractivity contribution in [3.05, 3.63) is 99.2 Å². The van der Waals surface area contributed by atoms with Gasteiger partial charge >= 0.3 is 0 Å². The van der Waals surface area contributed by atoms with Gasteiger partial charge in [0.25, 0.3) is 5.91 Å². The van der Waals surface area contributed by atoms with E-state index in [1.54, 1.807) is 36.8 Å². The minimum Gasteiger partial charge on any atom is -0.497 e. The number of thiophene rings is 1. The first-order chi connectivity index (χ1) is 16.5. The van der Waals surface area contributed by atoms with Gasteiger partial charge in [-0.3, -0.25) is 9.59 Å². The number of dihydropyridines is 1. The largest absolute Gasteiger partial charge is 0.497 e. The first kappa shape index (κ1) is 22.1. The average molecular weight is 472 g/mol. The van der Waals surface area contributed by atoms with Gasteiger partial charge in [0, 0.05) is 51.9 Å². The number of benzene rings is 1. The molecule has 7 heteroatoms. The number of allylic oxidation sites excluding steroid dienone is 3. The molecule has 0 radical (unpaired) electrons. The van der Waals surface area contributed by atoms with Crippen LogP contribution in [0.2, 0.25) is 0 Å². The van der Waals surface area contributed by atoms with Crippen LogP contribution in [0, 0.1) is 0 Å². The van der Waals surface area contributed by atoms with Crippen LogP contribution in [0.15, 0.2) is 88.7 Å². The van der Waals surface area contributed by atoms with Crippen LogP contribution in [-0.2, 0) is 9.59 Å². The normalized spacial score (nSPS) is 20.0. The Balaban J connectivity index is 1.58. The molecule has 2 unspecified atom stereocenters. The Bertz CT molecular complexity index is 1300. The summed E-state index contributed by atoms with van der Waals surface area (Å²) >= 11 is 1.68. The molecule has 2 N–H and O–H groups in total. The number of pyridine rings is 1. The van der Waals surface area contributed by atoms with Crippen molar-refractivity contribution in [3.8, 4) is 5.75 Å². The number of rotatable bonds is 5. The predicted molar refractivity (Wildman–Crippen MR) is 133 cm³/mol. The molecular weight excluding hydrogens is 446 g/mol. The van der Waals surface area contributed by atoms with Crippen LogP contribution in [0.5, 0.6) is 5.75 Å². The highest BCUT2D eigenvalue weighted by molar-refractivity contribution is 7.10. The molecule has 0 saturated carbocycles. The predicted octanol–water partition coefficient (Wildman–Crippen LogP) is 5.15. The van der Waals surface area contributed by atoms with Gasteiger partial charge in [0.05, 0.1) is 7.11 Å². The number of aromatic nitrogens is 1. The standard InChI is InChI=1S/C27H25N3O3S/c1-16-24(27(32)30-23-10-3-4-11-28-23)25(17-7-5-8-19(13-17)33-2)26-20(29-16)14-18(15-21(26)31)22-9-6-12-34-22/h3-13,18,25,29H,14-15H2,1-2H3,(H,28,30,32). The van der Waals surface area contributed by atoms with E-state index in [-0.39, 0.29) is 17.6 Å². The molecule has 5 rings (SSSR count). The van der Waals surface area contributed by atoms with E-state index < -0.39 is 5.92 Å². The average Bonchev–Trinajstić information content (AvgIpc) is 3.39. The molecule has 0 fully saturated rings. The second-order valence-corrected chi connectivity index (χ2v) is 9.46. The molecule has 2 aromatic heterocycles. The van der Waals surface area contributed by atoms with Crippen LogP contribution in [0.4, 0.5) is 5.82 Å². The minimum atomic E-state index is -0.494. The van der Waals surface area contributed by atoms with Gasteiger partial charge in [-0.1, -0.05) is 24.3 Å². The summed E-state index contributed by atoms with van der Waals surface area (Å²) in [6.07, 6.45) is 2.79. The molecule has 6 nitrogen and oxygen atoms in total. The van der Waals surface area contributed by atoms with E-state index in [4.69, 9.17) is 4.74 Å². The molecule has 0 spiro atoms. The van der Waals surface area contributed by atoms with Crippen molar-refractivity contribution >= 4 is 28.8 Å². The molecule has 3 aromatic rings. The van der Waals surface area contributed by atoms with E-state index in [1.165, 1.54) is 4.88 Å². The van der Waals surface area contributed by atoms with Crippen LogP contribution < -0.4 is 15.4 Å². The van der Waals surface area contributed by atoms with E-state index in [0.29, 0.717) is 29.1 Å². The number of nitrogens with zero attached hydrogens (tertiary/aromatic N) is 1. The van der Waals surface area contributed by atoms with Gasteiger partial charge in [-0.2, -0.15) is 0 Å². The molecule has 1 aromatic carbocycles. The van der Waals surface area contributed by atoms with Crippen LogP contribution in [0.1, 0.15) is 42.0 Å². The fourth-order valence-electron chi connectivity index (χ4n) is 4.84. The monoisotopic (exact) mass is 471 g/mol. The van der Waals surface area contributed by atoms with E-state index in [9.17, 15) is 9.59 Å². The number of Topliss-reactive ketones (excluding diaryl/α,β-unsaturated/α-hetero) is 1. The van der Waals surface area contributed by atoms with Crippen LogP contribution >= 0.6 is 11.3 Å². The highest BCUT2D eigenvalue weighted by Gasteiger charge is 2.41. The number of nitrogens with one attached hydrogen (secondary N) is 2. The second-order valence-electron chi connectivity index (χ2n) is 8.48. The minimum absolute atomic E-state index is 0.0654. The molecule has 1 aliphatic carbocycles. The van der Waals surface area contributed by atoms with Gasteiger partial charge < -0.3 is 15.4 Å². The zero-order chi connectivity index (χ0) is 23.7. The number of ketones is 1. The maximum atomic E-state index is 13.6. The summed E-state index contributed by atoms with van der Waals surface area (Å²) in [6, 6.07) is 17.1. The van der Waals surface area contributed by atoms with Crippen molar-refractivity contribution in [3.63, 3.8) is 0 Å². The lowest BCUT2D eigenvalue weighted by Crippen LogP contribution is -2.37. The third-order valence-corrected chi connectivity index (χ3v) is 7.39. The van der Waals surface area contributed by atoms with Gasteiger partial charge in [0.15, 0.2) is 5.78 Å². The van der Waals surface area contributed by atoms with Crippen LogP contribution in [-0.4, -0.2) is 23.8 Å². The highest BCUT2D eigenvalue weighted by atomic mass is 32.1. The van der Waals surface area contributed by atoms with Crippen molar-refractivity contribution in [2.45, 2.75) is 31.6 Å². The molecule has 3 heterocycles. The fraction of sp³-hybridized carbons (Fsp3) is 0.222. The van der Waals surface area contributed by atoms with Gasteiger partial charge in [-0.25, -0.2) is 4.98 Å². The number of carbonyl (C=O) groups is 2. The second kappa shape index (κ2) is 9.27. The number of amides is 1. The lowest BCUT2D eigenvalue weighted by Gasteiger charge is -2.36. The Morgan fingerprint density at radius 2 is 2.03 bits per heavy atom. The molecule has 172 valence electrons. The number of anilines is 1. The van der Waals surface area contributed by atoms with E-state index in [2.05, 4.69) is 21.7 Å². The molecule has 2 aliphatic rings. The van der Waals surface area contributed by atoms with E-state index in [0.717, 1.165) is 23.4 Å². The third kappa shape index (κ3) is 4.15. The Morgan fingerprint density at radius 1 is 1.15 bits per heavy atom. The van der Waals surface area contributed by atoms with Crippen molar-refractivity contribution in [1.29, 1.82) is 0 Å². The first-order valence-corrected chi connectivity index (χ1v) is 12.1. The van der Waals surface area contributed by atoms with Gasteiger partial charge in [0.2, 0.25) is 0 Å². The first-order valence-electron chi connectivity index (χ1n) is 11.2. The summed E-state index contributed by atoms with van der Waals surface area (Å²) in [4.78, 5) is 32.6. The van der Waals surface area contributed by atoms with E-state index >= 15 is 0 Å². The lowest BCUT2D eigenvalue weighted by atomic mass is 9.72. The van der Waals surface area contributed by atoms with Gasteiger partial charge in [0.1, 0.15) is 11.6 Å². The number of carbonyl (C=O) groups excluding carboxylic acids is 2. The molecular formula is C27H25N3O3S. The SMILES string of the molecule is COc1cccc(C2C(C(=O)Nc3ccccn3)=C(C)NC3=C2C(=O)CC(c2cccs2)C3)c1. The summed E-state index contributed by atoms with van der Waals surface area (Å²) in [5.41, 5.74) is 3.66. The Kier molecular flexibility index (Phi) is 6.02.